The number of rotatable bonds is 4. The number of carbonyl (C=O) groups is 1. The van der Waals surface area contributed by atoms with Gasteiger partial charge >= 0.3 is 5.97 Å². The molecule has 0 aliphatic carbocycles. The number of carbonyl (C=O) groups excluding carboxylic acids is 1. The van der Waals surface area contributed by atoms with Crippen molar-refractivity contribution in [2.75, 3.05) is 6.61 Å². The first-order valence-corrected chi connectivity index (χ1v) is 4.75. The van der Waals surface area contributed by atoms with E-state index in [0.29, 0.717) is 0 Å². The van der Waals surface area contributed by atoms with Crippen molar-refractivity contribution < 1.29 is 18.3 Å². The van der Waals surface area contributed by atoms with Crippen molar-refractivity contribution in [3.63, 3.8) is 0 Å². The van der Waals surface area contributed by atoms with Crippen LogP contribution in [0.1, 0.15) is 18.7 Å². The molecule has 0 aliphatic rings. The van der Waals surface area contributed by atoms with E-state index in [1.54, 1.807) is 6.92 Å². The Morgan fingerprint density at radius 3 is 2.75 bits per heavy atom. The quantitative estimate of drug-likeness (QED) is 0.854. The van der Waals surface area contributed by atoms with Gasteiger partial charge in [-0.05, 0) is 30.7 Å². The van der Waals surface area contributed by atoms with E-state index in [0.717, 1.165) is 0 Å². The number of ether oxygens (including phenoxy) is 1. The van der Waals surface area contributed by atoms with Crippen LogP contribution in [0.4, 0.5) is 4.39 Å². The van der Waals surface area contributed by atoms with Gasteiger partial charge in [0.15, 0.2) is 5.22 Å². The number of hydrogen-bond donors (Lipinski definition) is 1. The molecule has 0 bridgehead atoms. The summed E-state index contributed by atoms with van der Waals surface area (Å²) in [5, 5.41) is 0.0940. The third-order valence-electron chi connectivity index (χ3n) is 1.75. The highest BCUT2D eigenvalue weighted by Gasteiger charge is 2.29. The normalized spacial score (nSPS) is 13.8. The van der Waals surface area contributed by atoms with Gasteiger partial charge in [0.25, 0.3) is 0 Å². The van der Waals surface area contributed by atoms with Gasteiger partial charge in [0, 0.05) is 0 Å². The lowest BCUT2D eigenvalue weighted by Crippen LogP contribution is -2.31. The molecule has 0 saturated carbocycles. The van der Waals surface area contributed by atoms with Crippen LogP contribution < -0.4 is 5.73 Å². The summed E-state index contributed by atoms with van der Waals surface area (Å²) in [4.78, 5) is 11.0. The number of nitrogens with two attached hydrogens (primary N) is 1. The van der Waals surface area contributed by atoms with Crippen molar-refractivity contribution in [1.82, 2.24) is 0 Å². The number of alkyl halides is 1. The van der Waals surface area contributed by atoms with Crippen LogP contribution in [0.2, 0.25) is 5.22 Å². The van der Waals surface area contributed by atoms with Gasteiger partial charge in [-0.15, -0.1) is 12.4 Å². The molecule has 92 valence electrons. The molecule has 0 saturated heterocycles. The summed E-state index contributed by atoms with van der Waals surface area (Å²) >= 11 is 5.49. The Bertz CT molecular complexity index is 345. The van der Waals surface area contributed by atoms with Crippen LogP contribution in [0, 0.1) is 0 Å². The van der Waals surface area contributed by atoms with Crippen molar-refractivity contribution in [3.8, 4) is 0 Å². The SMILES string of the molecule is CCOC(=O)C(F)[C@H](N)c1ccc(Cl)o1.Cl. The minimum Gasteiger partial charge on any atom is -0.464 e. The molecular formula is C9H12Cl2FNO3. The summed E-state index contributed by atoms with van der Waals surface area (Å²) in [5.74, 6) is -0.891. The van der Waals surface area contributed by atoms with Crippen LogP contribution in [0.15, 0.2) is 16.5 Å². The topological polar surface area (TPSA) is 65.5 Å². The molecule has 1 heterocycles. The first kappa shape index (κ1) is 15.2. The molecule has 7 heteroatoms. The zero-order chi connectivity index (χ0) is 11.4. The lowest BCUT2D eigenvalue weighted by molar-refractivity contribution is -0.150. The van der Waals surface area contributed by atoms with Crippen LogP contribution in [-0.2, 0) is 9.53 Å². The van der Waals surface area contributed by atoms with E-state index in [4.69, 9.17) is 21.8 Å². The summed E-state index contributed by atoms with van der Waals surface area (Å²) in [6.45, 7) is 1.69. The number of halogens is 3. The van der Waals surface area contributed by atoms with Crippen LogP contribution >= 0.6 is 24.0 Å². The predicted molar refractivity (Wildman–Crippen MR) is 59.4 cm³/mol. The zero-order valence-corrected chi connectivity index (χ0v) is 10.1. The Kier molecular flexibility index (Phi) is 6.40. The Balaban J connectivity index is 0.00000225. The van der Waals surface area contributed by atoms with Gasteiger partial charge in [-0.1, -0.05) is 0 Å². The fraction of sp³-hybridized carbons (Fsp3) is 0.444. The number of esters is 1. The second-order valence-corrected chi connectivity index (χ2v) is 3.19. The second kappa shape index (κ2) is 6.73. The molecule has 2 atom stereocenters. The summed E-state index contributed by atoms with van der Waals surface area (Å²) in [6.07, 6.45) is -1.95. The van der Waals surface area contributed by atoms with E-state index in [1.807, 2.05) is 0 Å². The van der Waals surface area contributed by atoms with Crippen molar-refractivity contribution >= 4 is 30.0 Å². The fourth-order valence-electron chi connectivity index (χ4n) is 1.02. The Morgan fingerprint density at radius 2 is 2.31 bits per heavy atom. The van der Waals surface area contributed by atoms with Crippen molar-refractivity contribution in [2.45, 2.75) is 19.1 Å². The van der Waals surface area contributed by atoms with Gasteiger partial charge in [0.1, 0.15) is 11.8 Å². The van der Waals surface area contributed by atoms with Crippen LogP contribution in [0.3, 0.4) is 0 Å². The Labute approximate surface area is 103 Å². The predicted octanol–water partition coefficient (Wildman–Crippen LogP) is 2.26. The maximum Gasteiger partial charge on any atom is 0.342 e. The summed E-state index contributed by atoms with van der Waals surface area (Å²) < 4.78 is 22.7. The van der Waals surface area contributed by atoms with E-state index in [2.05, 4.69) is 4.74 Å². The zero-order valence-electron chi connectivity index (χ0n) is 8.48. The Morgan fingerprint density at radius 1 is 1.69 bits per heavy atom. The Hall–Kier alpha value is -0.780. The molecule has 1 unspecified atom stereocenters. The molecular weight excluding hydrogens is 260 g/mol. The highest BCUT2D eigenvalue weighted by molar-refractivity contribution is 6.28. The molecule has 4 nitrogen and oxygen atoms in total. The lowest BCUT2D eigenvalue weighted by atomic mass is 10.1. The van der Waals surface area contributed by atoms with Gasteiger partial charge in [0.05, 0.1) is 6.61 Å². The highest BCUT2D eigenvalue weighted by atomic mass is 35.5. The first-order valence-electron chi connectivity index (χ1n) is 4.37. The molecule has 0 aromatic carbocycles. The van der Waals surface area contributed by atoms with Gasteiger partial charge in [-0.25, -0.2) is 9.18 Å². The maximum absolute atomic E-state index is 13.4. The number of furan rings is 1. The van der Waals surface area contributed by atoms with Crippen molar-refractivity contribution in [1.29, 1.82) is 0 Å². The molecule has 1 aromatic rings. The van der Waals surface area contributed by atoms with Crippen molar-refractivity contribution in [3.05, 3.63) is 23.1 Å². The van der Waals surface area contributed by atoms with E-state index in [1.165, 1.54) is 12.1 Å². The van der Waals surface area contributed by atoms with E-state index in [9.17, 15) is 9.18 Å². The summed E-state index contributed by atoms with van der Waals surface area (Å²) in [6, 6.07) is 1.64. The molecule has 0 amide bonds. The third-order valence-corrected chi connectivity index (χ3v) is 1.95. The molecule has 0 spiro atoms. The minimum atomic E-state index is -1.95. The van der Waals surface area contributed by atoms with Gasteiger partial charge in [-0.3, -0.25) is 0 Å². The van der Waals surface area contributed by atoms with Gasteiger partial charge < -0.3 is 14.9 Å². The van der Waals surface area contributed by atoms with Gasteiger partial charge in [-0.2, -0.15) is 0 Å². The molecule has 1 aromatic heterocycles. The smallest absolute Gasteiger partial charge is 0.342 e. The maximum atomic E-state index is 13.4. The highest BCUT2D eigenvalue weighted by Crippen LogP contribution is 2.22. The van der Waals surface area contributed by atoms with Crippen molar-refractivity contribution in [2.24, 2.45) is 5.73 Å². The van der Waals surface area contributed by atoms with E-state index >= 15 is 0 Å². The average molecular weight is 272 g/mol. The fourth-order valence-corrected chi connectivity index (χ4v) is 1.17. The van der Waals surface area contributed by atoms with Crippen LogP contribution in [0.25, 0.3) is 0 Å². The monoisotopic (exact) mass is 271 g/mol. The molecule has 0 radical (unpaired) electrons. The van der Waals surface area contributed by atoms with Gasteiger partial charge in [0.2, 0.25) is 6.17 Å². The first-order chi connectivity index (χ1) is 7.06. The van der Waals surface area contributed by atoms with Crippen LogP contribution in [-0.4, -0.2) is 18.7 Å². The summed E-state index contributed by atoms with van der Waals surface area (Å²) in [7, 11) is 0. The number of hydrogen-bond acceptors (Lipinski definition) is 4. The second-order valence-electron chi connectivity index (χ2n) is 2.82. The molecule has 0 fully saturated rings. The molecule has 2 N–H and O–H groups in total. The van der Waals surface area contributed by atoms with E-state index < -0.39 is 18.2 Å². The minimum absolute atomic E-state index is 0. The van der Waals surface area contributed by atoms with Crippen LogP contribution in [0.5, 0.6) is 0 Å². The standard InChI is InChI=1S/C9H11ClFNO3.ClH/c1-2-14-9(13)7(11)8(12)5-3-4-6(10)15-5;/h3-4,7-8H,2,12H2,1H3;1H/t7?,8-;/m1./s1. The van der Waals surface area contributed by atoms with E-state index in [-0.39, 0.29) is 30.0 Å². The molecule has 16 heavy (non-hydrogen) atoms. The molecule has 1 rings (SSSR count). The lowest BCUT2D eigenvalue weighted by Gasteiger charge is -2.12. The third kappa shape index (κ3) is 3.66. The molecule has 0 aliphatic heterocycles. The summed E-state index contributed by atoms with van der Waals surface area (Å²) in [5.41, 5.74) is 5.45. The largest absolute Gasteiger partial charge is 0.464 e. The average Bonchev–Trinajstić information content (AvgIpc) is 2.63.